The van der Waals surface area contributed by atoms with E-state index in [2.05, 4.69) is 0 Å². The molecule has 100 valence electrons. The van der Waals surface area contributed by atoms with E-state index in [1.54, 1.807) is 6.07 Å². The summed E-state index contributed by atoms with van der Waals surface area (Å²) in [6.07, 6.45) is 0.0336. The maximum atomic E-state index is 13.8. The molecule has 1 aromatic rings. The summed E-state index contributed by atoms with van der Waals surface area (Å²) < 4.78 is 18.7. The van der Waals surface area contributed by atoms with E-state index in [-0.39, 0.29) is 12.0 Å². The largest absolute Gasteiger partial charge is 0.439 e. The van der Waals surface area contributed by atoms with E-state index in [1.807, 2.05) is 0 Å². The highest BCUT2D eigenvalue weighted by molar-refractivity contribution is 5.70. The third-order valence-electron chi connectivity index (χ3n) is 2.50. The van der Waals surface area contributed by atoms with Crippen LogP contribution in [0.15, 0.2) is 18.2 Å². The summed E-state index contributed by atoms with van der Waals surface area (Å²) in [6, 6.07) is 4.50. The second-order valence-corrected chi connectivity index (χ2v) is 3.89. The number of hydrogen-bond donors (Lipinski definition) is 0. The SMILES string of the molecule is CCC(=O)OC(C)(C#N)c1ccc([N+](=O)[O-])cc1F. The highest BCUT2D eigenvalue weighted by Gasteiger charge is 2.34. The second kappa shape index (κ2) is 5.44. The van der Waals surface area contributed by atoms with Gasteiger partial charge in [-0.1, -0.05) is 6.92 Å². The number of esters is 1. The van der Waals surface area contributed by atoms with Gasteiger partial charge in [0.1, 0.15) is 11.9 Å². The molecule has 0 aliphatic heterocycles. The Bertz CT molecular complexity index is 567. The molecule has 0 spiro atoms. The Morgan fingerprint density at radius 1 is 1.63 bits per heavy atom. The van der Waals surface area contributed by atoms with E-state index in [1.165, 1.54) is 13.8 Å². The summed E-state index contributed by atoms with van der Waals surface area (Å²) in [4.78, 5) is 21.0. The lowest BCUT2D eigenvalue weighted by molar-refractivity contribution is -0.385. The highest BCUT2D eigenvalue weighted by Crippen LogP contribution is 2.29. The molecular weight excluding hydrogens is 255 g/mol. The van der Waals surface area contributed by atoms with Gasteiger partial charge in [0.2, 0.25) is 5.60 Å². The Balaban J connectivity index is 3.23. The molecule has 0 aliphatic carbocycles. The van der Waals surface area contributed by atoms with Gasteiger partial charge < -0.3 is 4.74 Å². The van der Waals surface area contributed by atoms with E-state index in [4.69, 9.17) is 10.00 Å². The molecule has 0 N–H and O–H groups in total. The van der Waals surface area contributed by atoms with Crippen LogP contribution in [0.5, 0.6) is 0 Å². The van der Waals surface area contributed by atoms with Crippen LogP contribution in [0.25, 0.3) is 0 Å². The number of hydrogen-bond acceptors (Lipinski definition) is 5. The first-order chi connectivity index (χ1) is 8.84. The first-order valence-corrected chi connectivity index (χ1v) is 5.41. The second-order valence-electron chi connectivity index (χ2n) is 3.89. The molecular formula is C12H11FN2O4. The molecule has 0 amide bonds. The molecule has 0 saturated heterocycles. The number of halogens is 1. The van der Waals surface area contributed by atoms with Crippen molar-refractivity contribution < 1.29 is 18.8 Å². The fourth-order valence-electron chi connectivity index (χ4n) is 1.44. The van der Waals surface area contributed by atoms with Crippen LogP contribution in [0.2, 0.25) is 0 Å². The number of nitro groups is 1. The zero-order valence-corrected chi connectivity index (χ0v) is 10.3. The Kier molecular flexibility index (Phi) is 4.17. The average molecular weight is 266 g/mol. The van der Waals surface area contributed by atoms with Crippen LogP contribution in [-0.4, -0.2) is 10.9 Å². The van der Waals surface area contributed by atoms with Crippen LogP contribution < -0.4 is 0 Å². The minimum Gasteiger partial charge on any atom is -0.439 e. The maximum absolute atomic E-state index is 13.8. The van der Waals surface area contributed by atoms with Gasteiger partial charge in [-0.3, -0.25) is 14.9 Å². The van der Waals surface area contributed by atoms with Crippen LogP contribution in [-0.2, 0) is 15.1 Å². The molecule has 1 rings (SSSR count). The van der Waals surface area contributed by atoms with Crippen molar-refractivity contribution in [3.05, 3.63) is 39.7 Å². The van der Waals surface area contributed by atoms with Crippen molar-refractivity contribution in [3.8, 4) is 6.07 Å². The van der Waals surface area contributed by atoms with Crippen molar-refractivity contribution in [2.45, 2.75) is 25.9 Å². The number of nitrogens with zero attached hydrogens (tertiary/aromatic N) is 2. The first kappa shape index (κ1) is 14.6. The lowest BCUT2D eigenvalue weighted by Crippen LogP contribution is -2.28. The fourth-order valence-corrected chi connectivity index (χ4v) is 1.44. The Morgan fingerprint density at radius 2 is 2.26 bits per heavy atom. The van der Waals surface area contributed by atoms with Crippen molar-refractivity contribution >= 4 is 11.7 Å². The van der Waals surface area contributed by atoms with E-state index < -0.39 is 28.0 Å². The van der Waals surface area contributed by atoms with Crippen LogP contribution in [0, 0.1) is 27.3 Å². The normalized spacial score (nSPS) is 13.2. The third kappa shape index (κ3) is 3.04. The zero-order chi connectivity index (χ0) is 14.6. The van der Waals surface area contributed by atoms with Gasteiger partial charge in [0.15, 0.2) is 0 Å². The van der Waals surface area contributed by atoms with Crippen molar-refractivity contribution in [3.63, 3.8) is 0 Å². The Hall–Kier alpha value is -2.49. The number of ether oxygens (including phenoxy) is 1. The molecule has 0 radical (unpaired) electrons. The summed E-state index contributed by atoms with van der Waals surface area (Å²) >= 11 is 0. The molecule has 19 heavy (non-hydrogen) atoms. The molecule has 1 unspecified atom stereocenters. The summed E-state index contributed by atoms with van der Waals surface area (Å²) in [5.74, 6) is -1.64. The third-order valence-corrected chi connectivity index (χ3v) is 2.50. The predicted octanol–water partition coefficient (Wildman–Crippen LogP) is 2.43. The average Bonchev–Trinajstić information content (AvgIpc) is 2.37. The molecule has 7 heteroatoms. The molecule has 0 heterocycles. The summed E-state index contributed by atoms with van der Waals surface area (Å²) in [6.45, 7) is 2.76. The predicted molar refractivity (Wildman–Crippen MR) is 62.4 cm³/mol. The van der Waals surface area contributed by atoms with Gasteiger partial charge in [0.05, 0.1) is 11.0 Å². The van der Waals surface area contributed by atoms with Crippen molar-refractivity contribution in [1.82, 2.24) is 0 Å². The lowest BCUT2D eigenvalue weighted by atomic mass is 9.96. The number of non-ortho nitro benzene ring substituents is 1. The quantitative estimate of drug-likeness (QED) is 0.474. The minimum atomic E-state index is -1.81. The van der Waals surface area contributed by atoms with Crippen LogP contribution >= 0.6 is 0 Å². The summed E-state index contributed by atoms with van der Waals surface area (Å²) in [5.41, 5.74) is -2.47. The highest BCUT2D eigenvalue weighted by atomic mass is 19.1. The van der Waals surface area contributed by atoms with Gasteiger partial charge in [-0.2, -0.15) is 5.26 Å². The van der Waals surface area contributed by atoms with Crippen LogP contribution in [0.1, 0.15) is 25.8 Å². The summed E-state index contributed by atoms with van der Waals surface area (Å²) in [7, 11) is 0. The number of nitro benzene ring substituents is 1. The monoisotopic (exact) mass is 266 g/mol. The molecule has 6 nitrogen and oxygen atoms in total. The van der Waals surface area contributed by atoms with Crippen LogP contribution in [0.3, 0.4) is 0 Å². The van der Waals surface area contributed by atoms with Gasteiger partial charge in [-0.25, -0.2) is 4.39 Å². The first-order valence-electron chi connectivity index (χ1n) is 5.41. The van der Waals surface area contributed by atoms with E-state index >= 15 is 0 Å². The Labute approximate surface area is 108 Å². The molecule has 0 saturated carbocycles. The zero-order valence-electron chi connectivity index (χ0n) is 10.3. The van der Waals surface area contributed by atoms with Gasteiger partial charge in [-0.15, -0.1) is 0 Å². The molecule has 1 aromatic carbocycles. The van der Waals surface area contributed by atoms with Gasteiger partial charge in [0, 0.05) is 18.1 Å². The molecule has 0 aliphatic rings. The molecule has 0 aromatic heterocycles. The smallest absolute Gasteiger partial charge is 0.307 e. The molecule has 0 bridgehead atoms. The van der Waals surface area contributed by atoms with E-state index in [0.717, 1.165) is 12.1 Å². The topological polar surface area (TPSA) is 93.2 Å². The van der Waals surface area contributed by atoms with E-state index in [9.17, 15) is 19.3 Å². The minimum absolute atomic E-state index is 0.0336. The van der Waals surface area contributed by atoms with Crippen molar-refractivity contribution in [2.24, 2.45) is 0 Å². The lowest BCUT2D eigenvalue weighted by Gasteiger charge is -2.22. The number of nitriles is 1. The van der Waals surface area contributed by atoms with Crippen molar-refractivity contribution in [1.29, 1.82) is 5.26 Å². The molecule has 1 atom stereocenters. The van der Waals surface area contributed by atoms with Gasteiger partial charge in [0.25, 0.3) is 5.69 Å². The maximum Gasteiger partial charge on any atom is 0.307 e. The number of carbonyl (C=O) groups is 1. The van der Waals surface area contributed by atoms with Crippen molar-refractivity contribution in [2.75, 3.05) is 0 Å². The summed E-state index contributed by atoms with van der Waals surface area (Å²) in [5, 5.41) is 19.6. The Morgan fingerprint density at radius 3 is 2.68 bits per heavy atom. The van der Waals surface area contributed by atoms with Gasteiger partial charge >= 0.3 is 5.97 Å². The number of rotatable bonds is 4. The van der Waals surface area contributed by atoms with E-state index in [0.29, 0.717) is 6.07 Å². The number of carbonyl (C=O) groups excluding carboxylic acids is 1. The van der Waals surface area contributed by atoms with Gasteiger partial charge in [-0.05, 0) is 13.0 Å². The number of benzene rings is 1. The molecule has 0 fully saturated rings. The van der Waals surface area contributed by atoms with Crippen LogP contribution in [0.4, 0.5) is 10.1 Å². The fraction of sp³-hybridized carbons (Fsp3) is 0.333. The standard InChI is InChI=1S/C12H11FN2O4/c1-3-11(16)19-12(2,7-14)9-5-4-8(15(17)18)6-10(9)13/h4-6H,3H2,1-2H3.